The first-order valence-electron chi connectivity index (χ1n) is 6.27. The molecule has 0 unspecified atom stereocenters. The number of carboxylic acid groups (broad SMARTS) is 1. The van der Waals surface area contributed by atoms with Crippen LogP contribution in [-0.4, -0.2) is 20.9 Å². The standard InChI is InChI=1S/C14H15N3O3/c1-10(16-20)11-3-2-4-12(7-11)13-8-15-17(9-13)6-5-14(18)19/h2-4,7-10H,5-6H2,1H3,(H,18,19)/t10-/m1/s1. The van der Waals surface area contributed by atoms with E-state index in [0.29, 0.717) is 6.54 Å². The number of carbonyl (C=O) groups is 1. The maximum Gasteiger partial charge on any atom is 0.305 e. The highest BCUT2D eigenvalue weighted by molar-refractivity contribution is 5.66. The minimum Gasteiger partial charge on any atom is -0.481 e. The van der Waals surface area contributed by atoms with E-state index in [0.717, 1.165) is 16.7 Å². The number of hydrogen-bond acceptors (Lipinski definition) is 4. The van der Waals surface area contributed by atoms with E-state index in [1.54, 1.807) is 24.0 Å². The SMILES string of the molecule is C[C@@H](N=O)c1cccc(-c2cnn(CCC(=O)O)c2)c1. The van der Waals surface area contributed by atoms with Crippen molar-refractivity contribution in [1.82, 2.24) is 9.78 Å². The Balaban J connectivity index is 2.19. The van der Waals surface area contributed by atoms with Gasteiger partial charge in [0.25, 0.3) is 0 Å². The summed E-state index contributed by atoms with van der Waals surface area (Å²) in [6, 6.07) is 7.13. The first-order chi connectivity index (χ1) is 9.60. The van der Waals surface area contributed by atoms with E-state index in [4.69, 9.17) is 5.11 Å². The predicted molar refractivity (Wildman–Crippen MR) is 74.1 cm³/mol. The summed E-state index contributed by atoms with van der Waals surface area (Å²) in [4.78, 5) is 21.1. The predicted octanol–water partition coefficient (Wildman–Crippen LogP) is 2.85. The summed E-state index contributed by atoms with van der Waals surface area (Å²) in [6.45, 7) is 2.07. The summed E-state index contributed by atoms with van der Waals surface area (Å²) in [5.41, 5.74) is 2.66. The molecule has 2 rings (SSSR count). The third-order valence-corrected chi connectivity index (χ3v) is 3.05. The Labute approximate surface area is 116 Å². The second-order valence-corrected chi connectivity index (χ2v) is 4.54. The molecule has 0 aliphatic heterocycles. The Bertz CT molecular complexity index is 622. The highest BCUT2D eigenvalue weighted by Gasteiger charge is 2.08. The van der Waals surface area contributed by atoms with E-state index in [9.17, 15) is 9.70 Å². The molecule has 1 heterocycles. The van der Waals surface area contributed by atoms with Crippen molar-refractivity contribution in [2.45, 2.75) is 25.9 Å². The first-order valence-corrected chi connectivity index (χ1v) is 6.27. The number of carboxylic acids is 1. The quantitative estimate of drug-likeness (QED) is 0.820. The Kier molecular flexibility index (Phi) is 4.24. The first kappa shape index (κ1) is 13.9. The molecule has 1 N–H and O–H groups in total. The molecule has 0 aliphatic carbocycles. The monoisotopic (exact) mass is 273 g/mol. The number of aliphatic carboxylic acids is 1. The normalized spacial score (nSPS) is 12.1. The number of aryl methyl sites for hydroxylation is 1. The van der Waals surface area contributed by atoms with Gasteiger partial charge in [0.05, 0.1) is 19.2 Å². The number of nitroso groups, excluding NO2 is 1. The Morgan fingerprint density at radius 1 is 1.45 bits per heavy atom. The van der Waals surface area contributed by atoms with Gasteiger partial charge in [-0.1, -0.05) is 23.4 Å². The van der Waals surface area contributed by atoms with Crippen molar-refractivity contribution in [3.8, 4) is 11.1 Å². The van der Waals surface area contributed by atoms with Crippen LogP contribution in [0.1, 0.15) is 24.9 Å². The highest BCUT2D eigenvalue weighted by Crippen LogP contribution is 2.24. The lowest BCUT2D eigenvalue weighted by Crippen LogP contribution is -2.04. The van der Waals surface area contributed by atoms with E-state index >= 15 is 0 Å². The molecular formula is C14H15N3O3. The smallest absolute Gasteiger partial charge is 0.305 e. The van der Waals surface area contributed by atoms with Crippen LogP contribution >= 0.6 is 0 Å². The van der Waals surface area contributed by atoms with E-state index in [1.165, 1.54) is 0 Å². The van der Waals surface area contributed by atoms with Crippen molar-refractivity contribution < 1.29 is 9.90 Å². The van der Waals surface area contributed by atoms with Gasteiger partial charge in [-0.15, -0.1) is 0 Å². The molecule has 1 atom stereocenters. The third kappa shape index (κ3) is 3.28. The van der Waals surface area contributed by atoms with Crippen molar-refractivity contribution in [1.29, 1.82) is 0 Å². The molecule has 1 aromatic heterocycles. The molecule has 0 amide bonds. The molecule has 104 valence electrons. The molecule has 20 heavy (non-hydrogen) atoms. The summed E-state index contributed by atoms with van der Waals surface area (Å²) in [5.74, 6) is -0.852. The largest absolute Gasteiger partial charge is 0.481 e. The average Bonchev–Trinajstić information content (AvgIpc) is 2.93. The van der Waals surface area contributed by atoms with Crippen molar-refractivity contribution in [3.05, 3.63) is 47.1 Å². The van der Waals surface area contributed by atoms with Crippen molar-refractivity contribution >= 4 is 5.97 Å². The van der Waals surface area contributed by atoms with Gasteiger partial charge in [0, 0.05) is 11.8 Å². The molecule has 0 saturated heterocycles. The average molecular weight is 273 g/mol. The van der Waals surface area contributed by atoms with Gasteiger partial charge in [0.15, 0.2) is 0 Å². The van der Waals surface area contributed by atoms with Crippen LogP contribution in [0.25, 0.3) is 11.1 Å². The molecule has 1 aromatic carbocycles. The molecular weight excluding hydrogens is 258 g/mol. The van der Waals surface area contributed by atoms with Gasteiger partial charge >= 0.3 is 5.97 Å². The number of nitrogens with zero attached hydrogens (tertiary/aromatic N) is 3. The molecule has 0 fully saturated rings. The maximum atomic E-state index is 10.6. The molecule has 6 heteroatoms. The van der Waals surface area contributed by atoms with Crippen LogP contribution in [0.15, 0.2) is 41.8 Å². The second-order valence-electron chi connectivity index (χ2n) is 4.54. The maximum absolute atomic E-state index is 10.6. The molecule has 0 saturated carbocycles. The lowest BCUT2D eigenvalue weighted by atomic mass is 10.0. The Hall–Kier alpha value is -2.50. The number of aromatic nitrogens is 2. The van der Waals surface area contributed by atoms with E-state index in [-0.39, 0.29) is 6.42 Å². The van der Waals surface area contributed by atoms with Crippen LogP contribution in [0.5, 0.6) is 0 Å². The van der Waals surface area contributed by atoms with Crippen molar-refractivity contribution in [2.24, 2.45) is 5.18 Å². The lowest BCUT2D eigenvalue weighted by molar-refractivity contribution is -0.137. The van der Waals surface area contributed by atoms with Crippen LogP contribution in [0.3, 0.4) is 0 Å². The van der Waals surface area contributed by atoms with Crippen molar-refractivity contribution in [3.63, 3.8) is 0 Å². The van der Waals surface area contributed by atoms with Crippen LogP contribution in [-0.2, 0) is 11.3 Å². The molecule has 0 bridgehead atoms. The van der Waals surface area contributed by atoms with Gasteiger partial charge in [-0.3, -0.25) is 9.48 Å². The number of hydrogen-bond donors (Lipinski definition) is 1. The third-order valence-electron chi connectivity index (χ3n) is 3.05. The van der Waals surface area contributed by atoms with Gasteiger partial charge in [-0.05, 0) is 24.1 Å². The summed E-state index contributed by atoms with van der Waals surface area (Å²) < 4.78 is 1.59. The zero-order valence-electron chi connectivity index (χ0n) is 11.1. The van der Waals surface area contributed by atoms with E-state index in [1.807, 2.05) is 24.3 Å². The molecule has 0 spiro atoms. The second kappa shape index (κ2) is 6.10. The fraction of sp³-hybridized carbons (Fsp3) is 0.286. The minimum atomic E-state index is -0.852. The highest BCUT2D eigenvalue weighted by atomic mass is 16.4. The van der Waals surface area contributed by atoms with Crippen LogP contribution in [0, 0.1) is 4.91 Å². The van der Waals surface area contributed by atoms with Crippen LogP contribution < -0.4 is 0 Å². The zero-order valence-corrected chi connectivity index (χ0v) is 11.1. The van der Waals surface area contributed by atoms with Crippen LogP contribution in [0.2, 0.25) is 0 Å². The molecule has 2 aromatic rings. The summed E-state index contributed by atoms with van der Waals surface area (Å²) in [6.07, 6.45) is 3.51. The van der Waals surface area contributed by atoms with Gasteiger partial charge in [0.1, 0.15) is 6.04 Å². The van der Waals surface area contributed by atoms with Crippen LogP contribution in [0.4, 0.5) is 0 Å². The molecule has 0 aliphatic rings. The lowest BCUT2D eigenvalue weighted by Gasteiger charge is -2.05. The topological polar surface area (TPSA) is 84.5 Å². The minimum absolute atomic E-state index is 0.0350. The summed E-state index contributed by atoms with van der Waals surface area (Å²) >= 11 is 0. The van der Waals surface area contributed by atoms with Gasteiger partial charge in [0.2, 0.25) is 0 Å². The van der Waals surface area contributed by atoms with Gasteiger partial charge in [-0.2, -0.15) is 10.0 Å². The molecule has 6 nitrogen and oxygen atoms in total. The van der Waals surface area contributed by atoms with E-state index < -0.39 is 12.0 Å². The summed E-state index contributed by atoms with van der Waals surface area (Å²) in [5, 5.41) is 15.8. The van der Waals surface area contributed by atoms with Crippen molar-refractivity contribution in [2.75, 3.05) is 0 Å². The van der Waals surface area contributed by atoms with E-state index in [2.05, 4.69) is 10.3 Å². The number of rotatable bonds is 6. The van der Waals surface area contributed by atoms with Gasteiger partial charge < -0.3 is 5.11 Å². The fourth-order valence-electron chi connectivity index (χ4n) is 1.88. The molecule has 0 radical (unpaired) electrons. The van der Waals surface area contributed by atoms with Gasteiger partial charge in [-0.25, -0.2) is 0 Å². The Morgan fingerprint density at radius 3 is 2.95 bits per heavy atom. The fourth-order valence-corrected chi connectivity index (χ4v) is 1.88. The zero-order chi connectivity index (χ0) is 14.5. The summed E-state index contributed by atoms with van der Waals surface area (Å²) in [7, 11) is 0. The Morgan fingerprint density at radius 2 is 2.25 bits per heavy atom. The number of benzene rings is 1.